The van der Waals surface area contributed by atoms with Crippen LogP contribution in [0.1, 0.15) is 97.8 Å². The molecule has 0 saturated heterocycles. The molecule has 8 nitrogen and oxygen atoms in total. The van der Waals surface area contributed by atoms with Crippen molar-refractivity contribution in [3.05, 3.63) is 41.6 Å². The van der Waals surface area contributed by atoms with Crippen molar-refractivity contribution < 1.29 is 32.7 Å². The van der Waals surface area contributed by atoms with Crippen molar-refractivity contribution in [2.45, 2.75) is 93.1 Å². The number of carbonyl (C=O) groups excluding carboxylic acids is 2. The van der Waals surface area contributed by atoms with Crippen molar-refractivity contribution >= 4 is 12.1 Å². The number of nitrogens with one attached hydrogen (secondary N) is 1. The molecule has 0 fully saturated rings. The van der Waals surface area contributed by atoms with Crippen LogP contribution in [0.5, 0.6) is 0 Å². The molecule has 1 heterocycles. The molecule has 36 heavy (non-hydrogen) atoms. The quantitative estimate of drug-likeness (QED) is 0.280. The average Bonchev–Trinajstić information content (AvgIpc) is 3.30. The Hall–Kier alpha value is -2.94. The van der Waals surface area contributed by atoms with Gasteiger partial charge in [0.2, 0.25) is 0 Å². The standard InChI is InChI=1S/C23H31FN2O6.2C2H6/c1-7-29-20(27)17-14-19(32-26-17)16-10-8-15(9-11-16)18(12-13-24)30-23(5,6)25-21(28)31-22(2,3)4;2*1-2/h8-11,14,18H,7,12-13H2,1-6H3,(H,25,28);2*1-2H3. The van der Waals surface area contributed by atoms with Crippen molar-refractivity contribution in [1.82, 2.24) is 10.5 Å². The van der Waals surface area contributed by atoms with E-state index in [1.165, 1.54) is 6.07 Å². The molecular formula is C27H43FN2O6. The van der Waals surface area contributed by atoms with E-state index in [0.717, 1.165) is 5.56 Å². The number of rotatable bonds is 9. The van der Waals surface area contributed by atoms with Crippen LogP contribution in [0.2, 0.25) is 0 Å². The van der Waals surface area contributed by atoms with Crippen molar-refractivity contribution in [2.24, 2.45) is 0 Å². The van der Waals surface area contributed by atoms with Gasteiger partial charge in [0.25, 0.3) is 0 Å². The summed E-state index contributed by atoms with van der Waals surface area (Å²) < 4.78 is 34.6. The van der Waals surface area contributed by atoms with E-state index in [1.807, 2.05) is 27.7 Å². The largest absolute Gasteiger partial charge is 0.461 e. The summed E-state index contributed by atoms with van der Waals surface area (Å²) in [6, 6.07) is 8.55. The van der Waals surface area contributed by atoms with Crippen LogP contribution < -0.4 is 5.32 Å². The summed E-state index contributed by atoms with van der Waals surface area (Å²) in [6.07, 6.45) is -1.13. The van der Waals surface area contributed by atoms with Gasteiger partial charge in [0.1, 0.15) is 11.3 Å². The van der Waals surface area contributed by atoms with Gasteiger partial charge in [-0.05, 0) is 47.1 Å². The van der Waals surface area contributed by atoms with E-state index in [9.17, 15) is 14.0 Å². The second-order valence-corrected chi connectivity index (χ2v) is 8.64. The smallest absolute Gasteiger partial charge is 0.409 e. The molecule has 1 aromatic carbocycles. The summed E-state index contributed by atoms with van der Waals surface area (Å²) in [7, 11) is 0. The van der Waals surface area contributed by atoms with Crippen molar-refractivity contribution in [2.75, 3.05) is 13.3 Å². The highest BCUT2D eigenvalue weighted by molar-refractivity contribution is 5.88. The number of amides is 1. The van der Waals surface area contributed by atoms with Crippen LogP contribution in [0.3, 0.4) is 0 Å². The number of ether oxygens (including phenoxy) is 3. The number of nitrogens with zero attached hydrogens (tertiary/aromatic N) is 1. The van der Waals surface area contributed by atoms with Crippen LogP contribution in [-0.2, 0) is 14.2 Å². The molecule has 0 aliphatic heterocycles. The first-order chi connectivity index (χ1) is 16.9. The highest BCUT2D eigenvalue weighted by atomic mass is 19.1. The minimum atomic E-state index is -1.10. The van der Waals surface area contributed by atoms with Gasteiger partial charge < -0.3 is 18.7 Å². The second kappa shape index (κ2) is 15.9. The molecule has 2 aromatic rings. The van der Waals surface area contributed by atoms with Crippen LogP contribution >= 0.6 is 0 Å². The number of alkyl carbamates (subject to hydrolysis) is 1. The third-order valence-electron chi connectivity index (χ3n) is 4.17. The fourth-order valence-electron chi connectivity index (χ4n) is 2.90. The Morgan fingerprint density at radius 1 is 1.06 bits per heavy atom. The first kappa shape index (κ1) is 33.1. The van der Waals surface area contributed by atoms with E-state index in [0.29, 0.717) is 11.3 Å². The lowest BCUT2D eigenvalue weighted by Gasteiger charge is -2.32. The molecule has 1 atom stereocenters. The molecule has 1 unspecified atom stereocenters. The Balaban J connectivity index is 0.00000291. The van der Waals surface area contributed by atoms with Gasteiger partial charge in [-0.25, -0.2) is 9.59 Å². The fourth-order valence-corrected chi connectivity index (χ4v) is 2.90. The summed E-state index contributed by atoms with van der Waals surface area (Å²) in [5.41, 5.74) is -0.264. The van der Waals surface area contributed by atoms with E-state index in [4.69, 9.17) is 18.7 Å². The molecule has 1 N–H and O–H groups in total. The summed E-state index contributed by atoms with van der Waals surface area (Å²) in [5.74, 6) is -0.162. The van der Waals surface area contributed by atoms with Crippen LogP contribution in [0.15, 0.2) is 34.9 Å². The molecule has 9 heteroatoms. The Kier molecular flexibility index (Phi) is 14.6. The monoisotopic (exact) mass is 510 g/mol. The number of halogens is 1. The van der Waals surface area contributed by atoms with Crippen LogP contribution in [0.4, 0.5) is 9.18 Å². The summed E-state index contributed by atoms with van der Waals surface area (Å²) >= 11 is 0. The Morgan fingerprint density at radius 3 is 2.14 bits per heavy atom. The predicted molar refractivity (Wildman–Crippen MR) is 138 cm³/mol. The first-order valence-corrected chi connectivity index (χ1v) is 12.4. The molecular weight excluding hydrogens is 467 g/mol. The van der Waals surface area contributed by atoms with E-state index in [-0.39, 0.29) is 18.7 Å². The van der Waals surface area contributed by atoms with Crippen molar-refractivity contribution in [1.29, 1.82) is 0 Å². The van der Waals surface area contributed by atoms with Crippen LogP contribution in [-0.4, -0.2) is 41.8 Å². The molecule has 0 bridgehead atoms. The maximum absolute atomic E-state index is 13.2. The van der Waals surface area contributed by atoms with E-state index >= 15 is 0 Å². The number of benzene rings is 1. The Morgan fingerprint density at radius 2 is 1.64 bits per heavy atom. The molecule has 1 amide bonds. The molecule has 0 aliphatic rings. The molecule has 0 radical (unpaired) electrons. The van der Waals surface area contributed by atoms with E-state index in [2.05, 4.69) is 10.5 Å². The summed E-state index contributed by atoms with van der Waals surface area (Å²) in [4.78, 5) is 23.9. The molecule has 0 saturated carbocycles. The topological polar surface area (TPSA) is 99.9 Å². The van der Waals surface area contributed by atoms with Gasteiger partial charge in [-0.3, -0.25) is 9.71 Å². The molecule has 204 valence electrons. The number of aromatic nitrogens is 1. The molecule has 2 rings (SSSR count). The first-order valence-electron chi connectivity index (χ1n) is 12.4. The van der Waals surface area contributed by atoms with Crippen LogP contribution in [0.25, 0.3) is 11.3 Å². The van der Waals surface area contributed by atoms with E-state index < -0.39 is 36.2 Å². The summed E-state index contributed by atoms with van der Waals surface area (Å²) in [5, 5.41) is 6.38. The lowest BCUT2D eigenvalue weighted by Crippen LogP contribution is -2.48. The van der Waals surface area contributed by atoms with Gasteiger partial charge in [-0.2, -0.15) is 0 Å². The van der Waals surface area contributed by atoms with Gasteiger partial charge >= 0.3 is 12.1 Å². The van der Waals surface area contributed by atoms with Gasteiger partial charge in [0.15, 0.2) is 11.5 Å². The zero-order valence-electron chi connectivity index (χ0n) is 23.4. The number of carbonyl (C=O) groups is 2. The Labute approximate surface area is 214 Å². The number of hydrogen-bond acceptors (Lipinski definition) is 7. The Bertz CT molecular complexity index is 904. The molecule has 1 aromatic heterocycles. The zero-order valence-corrected chi connectivity index (χ0v) is 23.4. The van der Waals surface area contributed by atoms with E-state index in [1.54, 1.807) is 65.8 Å². The van der Waals surface area contributed by atoms with Crippen molar-refractivity contribution in [3.8, 4) is 11.3 Å². The maximum Gasteiger partial charge on any atom is 0.409 e. The highest BCUT2D eigenvalue weighted by Gasteiger charge is 2.29. The third-order valence-corrected chi connectivity index (χ3v) is 4.17. The van der Waals surface area contributed by atoms with Gasteiger partial charge in [-0.1, -0.05) is 57.1 Å². The average molecular weight is 511 g/mol. The SMILES string of the molecule is CC.CC.CCOC(=O)c1cc(-c2ccc(C(CCF)OC(C)(C)NC(=O)OC(C)(C)C)cc2)on1. The van der Waals surface area contributed by atoms with Gasteiger partial charge in [-0.15, -0.1) is 0 Å². The normalized spacial score (nSPS) is 11.8. The maximum atomic E-state index is 13.2. The lowest BCUT2D eigenvalue weighted by atomic mass is 10.0. The van der Waals surface area contributed by atoms with Crippen LogP contribution in [0, 0.1) is 0 Å². The molecule has 0 aliphatic carbocycles. The number of alkyl halides is 1. The fraction of sp³-hybridized carbons (Fsp3) is 0.593. The third kappa shape index (κ3) is 11.7. The van der Waals surface area contributed by atoms with Gasteiger partial charge in [0, 0.05) is 18.1 Å². The second-order valence-electron chi connectivity index (χ2n) is 8.64. The zero-order chi connectivity index (χ0) is 27.9. The summed E-state index contributed by atoms with van der Waals surface area (Å²) in [6.45, 7) is 18.0. The van der Waals surface area contributed by atoms with Crippen molar-refractivity contribution in [3.63, 3.8) is 0 Å². The number of hydrogen-bond donors (Lipinski definition) is 1. The minimum Gasteiger partial charge on any atom is -0.461 e. The minimum absolute atomic E-state index is 0.0829. The number of esters is 1. The molecule has 0 spiro atoms. The lowest BCUT2D eigenvalue weighted by molar-refractivity contribution is -0.0979. The van der Waals surface area contributed by atoms with Gasteiger partial charge in [0.05, 0.1) is 19.4 Å². The predicted octanol–water partition coefficient (Wildman–Crippen LogP) is 7.25. The highest BCUT2D eigenvalue weighted by Crippen LogP contribution is 2.29.